The minimum absolute atomic E-state index is 0.203. The molecule has 4 rings (SSSR count). The van der Waals surface area contributed by atoms with Crippen LogP contribution in [0.5, 0.6) is 0 Å². The van der Waals surface area contributed by atoms with Crippen LogP contribution in [0.15, 0.2) is 24.3 Å². The van der Waals surface area contributed by atoms with Gasteiger partial charge in [-0.3, -0.25) is 9.59 Å². The summed E-state index contributed by atoms with van der Waals surface area (Å²) in [5, 5.41) is 5.41. The maximum Gasteiger partial charge on any atom is 0.252 e. The van der Waals surface area contributed by atoms with Crippen LogP contribution in [0.1, 0.15) is 33.3 Å². The molecule has 0 spiro atoms. The Kier molecular flexibility index (Phi) is 5.36. The molecule has 2 amide bonds. The van der Waals surface area contributed by atoms with Gasteiger partial charge in [-0.05, 0) is 46.2 Å². The number of rotatable bonds is 4. The van der Waals surface area contributed by atoms with Crippen molar-refractivity contribution in [2.75, 3.05) is 11.9 Å². The van der Waals surface area contributed by atoms with E-state index in [1.165, 1.54) is 0 Å². The van der Waals surface area contributed by atoms with Crippen molar-refractivity contribution in [3.05, 3.63) is 29.8 Å². The van der Waals surface area contributed by atoms with E-state index in [2.05, 4.69) is 10.6 Å². The minimum Gasteiger partial charge on any atom is -0.345 e. The second-order valence-corrected chi connectivity index (χ2v) is 8.67. The number of anilines is 1. The van der Waals surface area contributed by atoms with E-state index >= 15 is 0 Å². The molecule has 1 aromatic carbocycles. The Morgan fingerprint density at radius 2 is 1.57 bits per heavy atom. The molecule has 30 heavy (non-hydrogen) atoms. The topological polar surface area (TPSA) is 104 Å². The Morgan fingerprint density at radius 1 is 0.933 bits per heavy atom. The van der Waals surface area contributed by atoms with Gasteiger partial charge in [-0.25, -0.2) is 0 Å². The van der Waals surface area contributed by atoms with E-state index in [4.69, 9.17) is 23.7 Å². The van der Waals surface area contributed by atoms with Crippen LogP contribution in [0.25, 0.3) is 0 Å². The van der Waals surface area contributed by atoms with Gasteiger partial charge in [-0.1, -0.05) is 18.2 Å². The lowest BCUT2D eigenvalue weighted by atomic mass is 9.98. The van der Waals surface area contributed by atoms with Gasteiger partial charge in [0.05, 0.1) is 6.54 Å². The largest absolute Gasteiger partial charge is 0.345 e. The number of fused-ring (bicyclic) bond motifs is 3. The Labute approximate surface area is 175 Å². The molecule has 5 atom stereocenters. The first kappa shape index (κ1) is 21.2. The molecule has 3 fully saturated rings. The highest BCUT2D eigenvalue weighted by molar-refractivity contribution is 5.95. The minimum atomic E-state index is -0.998. The molecule has 0 saturated carbocycles. The highest BCUT2D eigenvalue weighted by atomic mass is 16.9. The second kappa shape index (κ2) is 7.58. The van der Waals surface area contributed by atoms with E-state index in [9.17, 15) is 9.59 Å². The van der Waals surface area contributed by atoms with Crippen molar-refractivity contribution in [2.45, 2.75) is 76.9 Å². The molecule has 0 aliphatic carbocycles. The van der Waals surface area contributed by atoms with Crippen molar-refractivity contribution in [3.63, 3.8) is 0 Å². The smallest absolute Gasteiger partial charge is 0.252 e. The summed E-state index contributed by atoms with van der Waals surface area (Å²) in [5.41, 5.74) is 1.63. The molecule has 3 aliphatic rings. The second-order valence-electron chi connectivity index (χ2n) is 8.67. The highest BCUT2D eigenvalue weighted by Crippen LogP contribution is 2.44. The zero-order valence-corrected chi connectivity index (χ0v) is 17.8. The molecule has 2 N–H and O–H groups in total. The van der Waals surface area contributed by atoms with Gasteiger partial charge < -0.3 is 34.3 Å². The summed E-state index contributed by atoms with van der Waals surface area (Å²) in [7, 11) is 0. The number of hydrogen-bond acceptors (Lipinski definition) is 7. The van der Waals surface area contributed by atoms with Crippen molar-refractivity contribution in [1.29, 1.82) is 0 Å². The first-order valence-corrected chi connectivity index (χ1v) is 10.0. The summed E-state index contributed by atoms with van der Waals surface area (Å²) in [5.74, 6) is -2.58. The number of benzene rings is 1. The van der Waals surface area contributed by atoms with Crippen LogP contribution < -0.4 is 10.6 Å². The molecule has 164 valence electrons. The van der Waals surface area contributed by atoms with Crippen LogP contribution in [-0.4, -0.2) is 60.6 Å². The fraction of sp³-hybridized carbons (Fsp3) is 0.619. The Bertz CT molecular complexity index is 840. The molecule has 9 heteroatoms. The van der Waals surface area contributed by atoms with E-state index in [1.807, 2.05) is 25.1 Å². The van der Waals surface area contributed by atoms with Gasteiger partial charge in [-0.2, -0.15) is 0 Å². The average Bonchev–Trinajstić information content (AvgIpc) is 3.14. The van der Waals surface area contributed by atoms with E-state index < -0.39 is 48.2 Å². The summed E-state index contributed by atoms with van der Waals surface area (Å²) in [4.78, 5) is 25.2. The van der Waals surface area contributed by atoms with Crippen molar-refractivity contribution in [1.82, 2.24) is 5.32 Å². The quantitative estimate of drug-likeness (QED) is 0.760. The number of nitrogens with one attached hydrogen (secondary N) is 2. The molecule has 3 aliphatic heterocycles. The monoisotopic (exact) mass is 420 g/mol. The third kappa shape index (κ3) is 4.21. The number of para-hydroxylation sites is 1. The van der Waals surface area contributed by atoms with Crippen molar-refractivity contribution in [2.24, 2.45) is 0 Å². The number of carbonyl (C=O) groups is 2. The number of ether oxygens (including phenoxy) is 5. The lowest BCUT2D eigenvalue weighted by Gasteiger charge is -2.36. The number of amides is 2. The summed E-state index contributed by atoms with van der Waals surface area (Å²) in [6.45, 7) is 8.78. The van der Waals surface area contributed by atoms with Gasteiger partial charge >= 0.3 is 0 Å². The molecule has 0 radical (unpaired) electrons. The first-order chi connectivity index (χ1) is 14.0. The summed E-state index contributed by atoms with van der Waals surface area (Å²) >= 11 is 0. The third-order valence-corrected chi connectivity index (χ3v) is 5.26. The van der Waals surface area contributed by atoms with Crippen LogP contribution in [0, 0.1) is 6.92 Å². The third-order valence-electron chi connectivity index (χ3n) is 5.26. The first-order valence-electron chi connectivity index (χ1n) is 10.0. The van der Waals surface area contributed by atoms with Crippen molar-refractivity contribution in [3.8, 4) is 0 Å². The maximum atomic E-state index is 12.9. The van der Waals surface area contributed by atoms with Gasteiger partial charge in [-0.15, -0.1) is 0 Å². The van der Waals surface area contributed by atoms with E-state index in [1.54, 1.807) is 33.8 Å². The molecule has 3 saturated heterocycles. The lowest BCUT2D eigenvalue weighted by molar-refractivity contribution is -0.231. The van der Waals surface area contributed by atoms with Crippen LogP contribution in [-0.2, 0) is 33.3 Å². The van der Waals surface area contributed by atoms with Gasteiger partial charge in [0.15, 0.2) is 24.0 Å². The van der Waals surface area contributed by atoms with Gasteiger partial charge in [0, 0.05) is 5.69 Å². The van der Waals surface area contributed by atoms with Crippen LogP contribution >= 0.6 is 0 Å². The Hall–Kier alpha value is -2.04. The van der Waals surface area contributed by atoms with E-state index in [-0.39, 0.29) is 12.5 Å². The predicted molar refractivity (Wildman–Crippen MR) is 105 cm³/mol. The normalized spacial score (nSPS) is 33.4. The fourth-order valence-electron chi connectivity index (χ4n) is 4.00. The van der Waals surface area contributed by atoms with Gasteiger partial charge in [0.25, 0.3) is 5.91 Å². The zero-order chi connectivity index (χ0) is 21.7. The zero-order valence-electron chi connectivity index (χ0n) is 17.8. The van der Waals surface area contributed by atoms with Crippen LogP contribution in [0.3, 0.4) is 0 Å². The average molecular weight is 420 g/mol. The maximum absolute atomic E-state index is 12.9. The van der Waals surface area contributed by atoms with Gasteiger partial charge in [0.1, 0.15) is 18.3 Å². The molecular weight excluding hydrogens is 392 g/mol. The molecule has 9 nitrogen and oxygen atoms in total. The molecular formula is C21H28N2O7. The molecule has 0 aromatic heterocycles. The van der Waals surface area contributed by atoms with Crippen molar-refractivity contribution >= 4 is 17.5 Å². The standard InChI is InChI=1S/C21H28N2O7/c1-11-8-6-7-9-12(11)23-13(24)10-22-18(25)16-14-15(28-20(2,3)27-14)17-19(26-16)30-21(4,5)29-17/h6-9,14-17,19H,10H2,1-5H3,(H,22,25)(H,23,24)/t14-,15-,16+,17+,19+/m0/s1. The summed E-state index contributed by atoms with van der Waals surface area (Å²) in [6.07, 6.45) is -3.49. The molecule has 0 bridgehead atoms. The summed E-state index contributed by atoms with van der Waals surface area (Å²) in [6, 6.07) is 7.41. The SMILES string of the molecule is Cc1ccccc1NC(=O)CNC(=O)[C@@H]1O[C@@H]2OC(C)(C)O[C@@H]2[C@H]2OC(C)(C)O[C@@H]21. The predicted octanol–water partition coefficient (Wildman–Crippen LogP) is 1.45. The Balaban J connectivity index is 1.41. The Morgan fingerprint density at radius 3 is 2.30 bits per heavy atom. The molecule has 3 heterocycles. The number of hydrogen-bond donors (Lipinski definition) is 2. The van der Waals surface area contributed by atoms with E-state index in [0.29, 0.717) is 5.69 Å². The van der Waals surface area contributed by atoms with Crippen LogP contribution in [0.2, 0.25) is 0 Å². The number of carbonyl (C=O) groups excluding carboxylic acids is 2. The number of aryl methyl sites for hydroxylation is 1. The van der Waals surface area contributed by atoms with Gasteiger partial charge in [0.2, 0.25) is 5.91 Å². The molecule has 1 aromatic rings. The summed E-state index contributed by atoms with van der Waals surface area (Å²) < 4.78 is 29.5. The van der Waals surface area contributed by atoms with Crippen molar-refractivity contribution < 1.29 is 33.3 Å². The lowest BCUT2D eigenvalue weighted by Crippen LogP contribution is -2.59. The van der Waals surface area contributed by atoms with Crippen LogP contribution in [0.4, 0.5) is 5.69 Å². The molecule has 0 unspecified atom stereocenters. The van der Waals surface area contributed by atoms with E-state index in [0.717, 1.165) is 5.56 Å². The highest BCUT2D eigenvalue weighted by Gasteiger charge is 2.62. The fourth-order valence-corrected chi connectivity index (χ4v) is 4.00.